The summed E-state index contributed by atoms with van der Waals surface area (Å²) in [6.45, 7) is 4.62. The Morgan fingerprint density at radius 3 is 2.79 bits per heavy atom. The molecule has 0 unspecified atom stereocenters. The molecule has 1 aromatic heterocycles. The standard InChI is InChI=1S/C19H24N4O/c1-2-22-14-20-21-17(22)15-7-6-12-23(13-15)18(24)19(10-11-19)16-8-4-3-5-9-16/h3-5,8-9,14-15H,2,6-7,10-13H2,1H3/t15-/m1/s1. The van der Waals surface area contributed by atoms with Crippen LogP contribution in [0.1, 0.15) is 49.9 Å². The molecule has 1 saturated carbocycles. The molecular weight excluding hydrogens is 300 g/mol. The third-order valence-corrected chi connectivity index (χ3v) is 5.55. The van der Waals surface area contributed by atoms with Crippen molar-refractivity contribution >= 4 is 5.91 Å². The first-order chi connectivity index (χ1) is 11.7. The summed E-state index contributed by atoms with van der Waals surface area (Å²) in [4.78, 5) is 15.3. The van der Waals surface area contributed by atoms with Gasteiger partial charge in [-0.25, -0.2) is 0 Å². The number of aryl methyl sites for hydroxylation is 1. The van der Waals surface area contributed by atoms with E-state index in [9.17, 15) is 4.79 Å². The maximum absolute atomic E-state index is 13.2. The predicted molar refractivity (Wildman–Crippen MR) is 91.6 cm³/mol. The zero-order valence-electron chi connectivity index (χ0n) is 14.2. The number of likely N-dealkylation sites (tertiary alicyclic amines) is 1. The van der Waals surface area contributed by atoms with Crippen LogP contribution in [0, 0.1) is 0 Å². The molecule has 2 aliphatic rings. The lowest BCUT2D eigenvalue weighted by Gasteiger charge is -2.35. The van der Waals surface area contributed by atoms with E-state index in [4.69, 9.17) is 0 Å². The second-order valence-corrected chi connectivity index (χ2v) is 7.01. The summed E-state index contributed by atoms with van der Waals surface area (Å²) in [6.07, 6.45) is 5.87. The first-order valence-electron chi connectivity index (χ1n) is 8.97. The first-order valence-corrected chi connectivity index (χ1v) is 8.97. The van der Waals surface area contributed by atoms with Crippen LogP contribution in [0.5, 0.6) is 0 Å². The third-order valence-electron chi connectivity index (χ3n) is 5.55. The second-order valence-electron chi connectivity index (χ2n) is 7.01. The molecule has 24 heavy (non-hydrogen) atoms. The van der Waals surface area contributed by atoms with E-state index in [-0.39, 0.29) is 5.41 Å². The van der Waals surface area contributed by atoms with Gasteiger partial charge < -0.3 is 9.47 Å². The molecule has 0 bridgehead atoms. The van der Waals surface area contributed by atoms with E-state index < -0.39 is 0 Å². The van der Waals surface area contributed by atoms with Crippen LogP contribution in [0.4, 0.5) is 0 Å². The van der Waals surface area contributed by atoms with E-state index in [0.717, 1.165) is 51.1 Å². The molecule has 1 saturated heterocycles. The van der Waals surface area contributed by atoms with Gasteiger partial charge in [0.05, 0.1) is 5.41 Å². The van der Waals surface area contributed by atoms with Crippen molar-refractivity contribution in [3.63, 3.8) is 0 Å². The molecule has 5 nitrogen and oxygen atoms in total. The highest BCUT2D eigenvalue weighted by molar-refractivity contribution is 5.91. The van der Waals surface area contributed by atoms with Gasteiger partial charge in [-0.15, -0.1) is 10.2 Å². The van der Waals surface area contributed by atoms with Gasteiger partial charge in [0.15, 0.2) is 0 Å². The number of amides is 1. The van der Waals surface area contributed by atoms with Crippen molar-refractivity contribution in [3.05, 3.63) is 48.0 Å². The lowest BCUT2D eigenvalue weighted by molar-refractivity contribution is -0.135. The minimum atomic E-state index is -0.262. The lowest BCUT2D eigenvalue weighted by atomic mass is 9.91. The fraction of sp³-hybridized carbons (Fsp3) is 0.526. The summed E-state index contributed by atoms with van der Waals surface area (Å²) in [5, 5.41) is 8.37. The zero-order chi connectivity index (χ0) is 16.6. The minimum absolute atomic E-state index is 0.262. The van der Waals surface area contributed by atoms with Crippen LogP contribution < -0.4 is 0 Å². The van der Waals surface area contributed by atoms with Crippen molar-refractivity contribution in [3.8, 4) is 0 Å². The Labute approximate surface area is 142 Å². The second kappa shape index (κ2) is 6.04. The smallest absolute Gasteiger partial charge is 0.233 e. The largest absolute Gasteiger partial charge is 0.341 e. The molecule has 126 valence electrons. The van der Waals surface area contributed by atoms with Crippen LogP contribution in [-0.4, -0.2) is 38.7 Å². The minimum Gasteiger partial charge on any atom is -0.341 e. The molecule has 1 aliphatic heterocycles. The number of aromatic nitrogens is 3. The van der Waals surface area contributed by atoms with Crippen LogP contribution in [0.25, 0.3) is 0 Å². The number of nitrogens with zero attached hydrogens (tertiary/aromatic N) is 4. The monoisotopic (exact) mass is 324 g/mol. The Kier molecular flexibility index (Phi) is 3.87. The lowest BCUT2D eigenvalue weighted by Crippen LogP contribution is -2.45. The molecule has 2 aromatic rings. The Morgan fingerprint density at radius 1 is 1.29 bits per heavy atom. The summed E-state index contributed by atoms with van der Waals surface area (Å²) in [6, 6.07) is 10.3. The molecule has 1 aromatic carbocycles. The van der Waals surface area contributed by atoms with Crippen molar-refractivity contribution in [2.75, 3.05) is 13.1 Å². The summed E-state index contributed by atoms with van der Waals surface area (Å²) in [7, 11) is 0. The number of piperidine rings is 1. The molecule has 4 rings (SSSR count). The average Bonchev–Trinajstić information content (AvgIpc) is 3.32. The molecule has 1 amide bonds. The van der Waals surface area contributed by atoms with Gasteiger partial charge in [-0.05, 0) is 38.2 Å². The molecule has 1 aliphatic carbocycles. The molecule has 2 fully saturated rings. The van der Waals surface area contributed by atoms with Crippen molar-refractivity contribution in [2.24, 2.45) is 0 Å². The van der Waals surface area contributed by atoms with Crippen LogP contribution in [0.2, 0.25) is 0 Å². The van der Waals surface area contributed by atoms with Crippen molar-refractivity contribution in [2.45, 2.75) is 50.5 Å². The predicted octanol–water partition coefficient (Wildman–Crippen LogP) is 2.74. The topological polar surface area (TPSA) is 51.0 Å². The Morgan fingerprint density at radius 2 is 2.08 bits per heavy atom. The van der Waals surface area contributed by atoms with Gasteiger partial charge in [-0.3, -0.25) is 4.79 Å². The van der Waals surface area contributed by atoms with Gasteiger partial charge in [-0.2, -0.15) is 0 Å². The zero-order valence-corrected chi connectivity index (χ0v) is 14.2. The molecule has 1 atom stereocenters. The number of rotatable bonds is 4. The van der Waals surface area contributed by atoms with Gasteiger partial charge >= 0.3 is 0 Å². The maximum atomic E-state index is 13.2. The number of carbonyl (C=O) groups is 1. The average molecular weight is 324 g/mol. The number of carbonyl (C=O) groups excluding carboxylic acids is 1. The highest BCUT2D eigenvalue weighted by Gasteiger charge is 2.53. The first kappa shape index (κ1) is 15.4. The van der Waals surface area contributed by atoms with Crippen LogP contribution in [0.15, 0.2) is 36.7 Å². The molecular formula is C19H24N4O. The van der Waals surface area contributed by atoms with Gasteiger partial charge in [0.25, 0.3) is 0 Å². The van der Waals surface area contributed by atoms with Crippen molar-refractivity contribution in [1.29, 1.82) is 0 Å². The summed E-state index contributed by atoms with van der Waals surface area (Å²) in [5.74, 6) is 1.64. The van der Waals surface area contributed by atoms with E-state index in [0.29, 0.717) is 11.8 Å². The van der Waals surface area contributed by atoms with E-state index in [2.05, 4.69) is 38.7 Å². The van der Waals surface area contributed by atoms with Crippen LogP contribution in [-0.2, 0) is 16.8 Å². The third kappa shape index (κ3) is 2.52. The highest BCUT2D eigenvalue weighted by Crippen LogP contribution is 2.50. The Hall–Kier alpha value is -2.17. The van der Waals surface area contributed by atoms with Crippen LogP contribution >= 0.6 is 0 Å². The van der Waals surface area contributed by atoms with Gasteiger partial charge in [-0.1, -0.05) is 30.3 Å². The molecule has 0 radical (unpaired) electrons. The van der Waals surface area contributed by atoms with Gasteiger partial charge in [0.1, 0.15) is 12.2 Å². The Balaban J connectivity index is 1.53. The van der Waals surface area contributed by atoms with E-state index in [1.165, 1.54) is 5.56 Å². The SMILES string of the molecule is CCn1cnnc1[C@@H]1CCCN(C(=O)C2(c3ccccc3)CC2)C1. The fourth-order valence-electron chi connectivity index (χ4n) is 4.01. The van der Waals surface area contributed by atoms with Gasteiger partial charge in [0, 0.05) is 25.6 Å². The highest BCUT2D eigenvalue weighted by atomic mass is 16.2. The normalized spacial score (nSPS) is 22.4. The maximum Gasteiger partial charge on any atom is 0.233 e. The van der Waals surface area contributed by atoms with Gasteiger partial charge in [0.2, 0.25) is 5.91 Å². The van der Waals surface area contributed by atoms with E-state index in [1.54, 1.807) is 6.33 Å². The van der Waals surface area contributed by atoms with E-state index in [1.807, 2.05) is 18.2 Å². The molecule has 0 N–H and O–H groups in total. The molecule has 2 heterocycles. The number of benzene rings is 1. The van der Waals surface area contributed by atoms with Crippen molar-refractivity contribution < 1.29 is 4.79 Å². The quantitative estimate of drug-likeness (QED) is 0.869. The van der Waals surface area contributed by atoms with Crippen LogP contribution in [0.3, 0.4) is 0 Å². The summed E-state index contributed by atoms with van der Waals surface area (Å²) in [5.41, 5.74) is 0.913. The molecule has 0 spiro atoms. The molecule has 5 heteroatoms. The number of hydrogen-bond donors (Lipinski definition) is 0. The van der Waals surface area contributed by atoms with E-state index >= 15 is 0 Å². The fourth-order valence-corrected chi connectivity index (χ4v) is 4.01. The summed E-state index contributed by atoms with van der Waals surface area (Å²) < 4.78 is 2.10. The summed E-state index contributed by atoms with van der Waals surface area (Å²) >= 11 is 0. The number of hydrogen-bond acceptors (Lipinski definition) is 3. The Bertz CT molecular complexity index is 720. The van der Waals surface area contributed by atoms with Crippen molar-refractivity contribution in [1.82, 2.24) is 19.7 Å².